The Hall–Kier alpha value is -2.74. The minimum atomic E-state index is -0.290. The van der Waals surface area contributed by atoms with Crippen molar-refractivity contribution in [3.63, 3.8) is 0 Å². The van der Waals surface area contributed by atoms with Crippen LogP contribution in [0.2, 0.25) is 0 Å². The largest absolute Gasteiger partial charge is 0.355 e. The molecule has 1 saturated carbocycles. The van der Waals surface area contributed by atoms with E-state index in [2.05, 4.69) is 20.9 Å². The van der Waals surface area contributed by atoms with Crippen LogP contribution in [0.15, 0.2) is 17.6 Å². The zero-order valence-electron chi connectivity index (χ0n) is 16.5. The Morgan fingerprint density at radius 1 is 1.24 bits per heavy atom. The highest BCUT2D eigenvalue weighted by molar-refractivity contribution is 7.11. The maximum atomic E-state index is 12.9. The standard InChI is InChI=1S/C21H24N4O3S/c1-3-11-6-7-16-18(19(11)26)15(10-29-16)24-14-8-17(25-20(27)12-4-5-12)23-9-13(14)21(28)22-2/h8-12H,3-7H2,1-2H3,(H,22,28)(H2,23,24,25,27). The smallest absolute Gasteiger partial charge is 0.254 e. The van der Waals surface area contributed by atoms with Crippen molar-refractivity contribution in [2.24, 2.45) is 11.8 Å². The van der Waals surface area contributed by atoms with E-state index in [1.165, 1.54) is 6.20 Å². The number of Topliss-reactive ketones (excluding diaryl/α,β-unsaturated/α-hetero) is 1. The molecule has 0 aromatic carbocycles. The van der Waals surface area contributed by atoms with Gasteiger partial charge in [-0.1, -0.05) is 6.92 Å². The third kappa shape index (κ3) is 3.89. The first-order valence-electron chi connectivity index (χ1n) is 9.96. The fourth-order valence-corrected chi connectivity index (χ4v) is 4.64. The minimum absolute atomic E-state index is 0.0434. The lowest BCUT2D eigenvalue weighted by Gasteiger charge is -2.21. The van der Waals surface area contributed by atoms with E-state index in [-0.39, 0.29) is 29.4 Å². The van der Waals surface area contributed by atoms with Crippen molar-refractivity contribution < 1.29 is 14.4 Å². The van der Waals surface area contributed by atoms with Gasteiger partial charge in [0.2, 0.25) is 5.91 Å². The summed E-state index contributed by atoms with van der Waals surface area (Å²) in [7, 11) is 1.55. The molecule has 0 radical (unpaired) electrons. The molecule has 2 aliphatic carbocycles. The second kappa shape index (κ2) is 7.94. The Morgan fingerprint density at radius 3 is 2.72 bits per heavy atom. The number of amides is 2. The molecule has 2 heterocycles. The second-order valence-corrected chi connectivity index (χ2v) is 8.50. The fourth-order valence-electron chi connectivity index (χ4n) is 3.64. The molecule has 0 saturated heterocycles. The number of rotatable bonds is 6. The molecule has 1 unspecified atom stereocenters. The average Bonchev–Trinajstić information content (AvgIpc) is 3.50. The number of hydrogen-bond donors (Lipinski definition) is 3. The molecule has 8 heteroatoms. The first-order chi connectivity index (χ1) is 14.0. The maximum absolute atomic E-state index is 12.9. The summed E-state index contributed by atoms with van der Waals surface area (Å²) < 4.78 is 0. The molecule has 0 bridgehead atoms. The molecule has 0 spiro atoms. The molecular weight excluding hydrogens is 388 g/mol. The molecule has 152 valence electrons. The monoisotopic (exact) mass is 412 g/mol. The van der Waals surface area contributed by atoms with Crippen LogP contribution in [0.4, 0.5) is 17.2 Å². The summed E-state index contributed by atoms with van der Waals surface area (Å²) in [5.41, 5.74) is 2.31. The topological polar surface area (TPSA) is 100 Å². The lowest BCUT2D eigenvalue weighted by molar-refractivity contribution is -0.117. The Balaban J connectivity index is 1.67. The van der Waals surface area contributed by atoms with Gasteiger partial charge in [-0.05, 0) is 32.1 Å². The van der Waals surface area contributed by atoms with Gasteiger partial charge in [-0.25, -0.2) is 4.98 Å². The van der Waals surface area contributed by atoms with Crippen LogP contribution in [-0.2, 0) is 11.2 Å². The van der Waals surface area contributed by atoms with Crippen molar-refractivity contribution >= 4 is 46.1 Å². The lowest BCUT2D eigenvalue weighted by atomic mass is 9.85. The van der Waals surface area contributed by atoms with Crippen molar-refractivity contribution in [3.05, 3.63) is 33.6 Å². The molecule has 1 fully saturated rings. The Labute approximate surface area is 173 Å². The highest BCUT2D eigenvalue weighted by Gasteiger charge is 2.31. The molecule has 2 aromatic heterocycles. The lowest BCUT2D eigenvalue weighted by Crippen LogP contribution is -2.22. The SMILES string of the molecule is CCC1CCc2scc(Nc3cc(NC(=O)C4CC4)ncc3C(=O)NC)c2C1=O. The predicted octanol–water partition coefficient (Wildman–Crippen LogP) is 3.75. The van der Waals surface area contributed by atoms with Gasteiger partial charge in [0.05, 0.1) is 22.5 Å². The van der Waals surface area contributed by atoms with Crippen LogP contribution in [-0.4, -0.2) is 29.6 Å². The Kier molecular flexibility index (Phi) is 5.36. The summed E-state index contributed by atoms with van der Waals surface area (Å²) in [4.78, 5) is 42.6. The van der Waals surface area contributed by atoms with Crippen molar-refractivity contribution in [2.45, 2.75) is 39.0 Å². The molecule has 2 aliphatic rings. The van der Waals surface area contributed by atoms with Crippen molar-refractivity contribution in [1.82, 2.24) is 10.3 Å². The number of carbonyl (C=O) groups is 3. The molecule has 2 aromatic rings. The van der Waals surface area contributed by atoms with E-state index < -0.39 is 0 Å². The number of pyridine rings is 1. The zero-order chi connectivity index (χ0) is 20.5. The van der Waals surface area contributed by atoms with E-state index in [0.29, 0.717) is 22.8 Å². The molecular formula is C21H24N4O3S. The van der Waals surface area contributed by atoms with Crippen LogP contribution in [0, 0.1) is 11.8 Å². The highest BCUT2D eigenvalue weighted by Crippen LogP contribution is 2.39. The molecule has 4 rings (SSSR count). The van der Waals surface area contributed by atoms with Crippen molar-refractivity contribution in [2.75, 3.05) is 17.7 Å². The molecule has 1 atom stereocenters. The minimum Gasteiger partial charge on any atom is -0.355 e. The molecule has 29 heavy (non-hydrogen) atoms. The van der Waals surface area contributed by atoms with Gasteiger partial charge in [-0.15, -0.1) is 11.3 Å². The van der Waals surface area contributed by atoms with Gasteiger partial charge < -0.3 is 16.0 Å². The molecule has 7 nitrogen and oxygen atoms in total. The molecule has 2 amide bonds. The van der Waals surface area contributed by atoms with Crippen LogP contribution in [0.3, 0.4) is 0 Å². The van der Waals surface area contributed by atoms with Gasteiger partial charge in [0, 0.05) is 41.4 Å². The van der Waals surface area contributed by atoms with Gasteiger partial charge in [0.15, 0.2) is 5.78 Å². The number of aromatic nitrogens is 1. The molecule has 0 aliphatic heterocycles. The van der Waals surface area contributed by atoms with Gasteiger partial charge >= 0.3 is 0 Å². The summed E-state index contributed by atoms with van der Waals surface area (Å²) in [6, 6.07) is 1.65. The van der Waals surface area contributed by atoms with E-state index in [4.69, 9.17) is 0 Å². The summed E-state index contributed by atoms with van der Waals surface area (Å²) in [5, 5.41) is 10.6. The normalized spacial score (nSPS) is 18.1. The number of ketones is 1. The predicted molar refractivity (Wildman–Crippen MR) is 113 cm³/mol. The average molecular weight is 413 g/mol. The number of hydrogen-bond acceptors (Lipinski definition) is 6. The third-order valence-electron chi connectivity index (χ3n) is 5.54. The highest BCUT2D eigenvalue weighted by atomic mass is 32.1. The van der Waals surface area contributed by atoms with Crippen molar-refractivity contribution in [1.29, 1.82) is 0 Å². The fraction of sp³-hybridized carbons (Fsp3) is 0.429. The number of fused-ring (bicyclic) bond motifs is 1. The zero-order valence-corrected chi connectivity index (χ0v) is 17.3. The van der Waals surface area contributed by atoms with Crippen molar-refractivity contribution in [3.8, 4) is 0 Å². The van der Waals surface area contributed by atoms with Gasteiger partial charge in [-0.2, -0.15) is 0 Å². The van der Waals surface area contributed by atoms with E-state index in [1.807, 2.05) is 12.3 Å². The second-order valence-electron chi connectivity index (χ2n) is 7.54. The van der Waals surface area contributed by atoms with Crippen LogP contribution < -0.4 is 16.0 Å². The summed E-state index contributed by atoms with van der Waals surface area (Å²) in [5.74, 6) is 0.308. The third-order valence-corrected chi connectivity index (χ3v) is 6.59. The van der Waals surface area contributed by atoms with Crippen LogP contribution in [0.25, 0.3) is 0 Å². The van der Waals surface area contributed by atoms with Gasteiger partial charge in [0.1, 0.15) is 5.82 Å². The first kappa shape index (κ1) is 19.6. The number of nitrogens with zero attached hydrogens (tertiary/aromatic N) is 1. The maximum Gasteiger partial charge on any atom is 0.254 e. The molecule has 3 N–H and O–H groups in total. The first-order valence-corrected chi connectivity index (χ1v) is 10.8. The van der Waals surface area contributed by atoms with E-state index in [0.717, 1.165) is 42.5 Å². The summed E-state index contributed by atoms with van der Waals surface area (Å²) >= 11 is 1.57. The number of carbonyl (C=O) groups excluding carboxylic acids is 3. The van der Waals surface area contributed by atoms with E-state index >= 15 is 0 Å². The van der Waals surface area contributed by atoms with E-state index in [1.54, 1.807) is 24.5 Å². The number of anilines is 3. The van der Waals surface area contributed by atoms with Crippen LogP contribution in [0.5, 0.6) is 0 Å². The van der Waals surface area contributed by atoms with Gasteiger partial charge in [0.25, 0.3) is 5.91 Å². The quantitative estimate of drug-likeness (QED) is 0.671. The number of thiophene rings is 1. The summed E-state index contributed by atoms with van der Waals surface area (Å²) in [6.45, 7) is 2.04. The number of aryl methyl sites for hydroxylation is 1. The Bertz CT molecular complexity index is 980. The summed E-state index contributed by atoms with van der Waals surface area (Å²) in [6.07, 6.45) is 5.85. The number of nitrogens with one attached hydrogen (secondary N) is 3. The van der Waals surface area contributed by atoms with Crippen LogP contribution >= 0.6 is 11.3 Å². The van der Waals surface area contributed by atoms with Crippen LogP contribution in [0.1, 0.15) is 58.2 Å². The van der Waals surface area contributed by atoms with E-state index in [9.17, 15) is 14.4 Å². The Morgan fingerprint density at radius 2 is 2.03 bits per heavy atom. The van der Waals surface area contributed by atoms with Gasteiger partial charge in [-0.3, -0.25) is 14.4 Å².